The van der Waals surface area contributed by atoms with Crippen LogP contribution in [0.25, 0.3) is 5.69 Å². The number of carbonyl (C=O) groups is 1. The van der Waals surface area contributed by atoms with Crippen LogP contribution in [-0.2, 0) is 0 Å². The average Bonchev–Trinajstić information content (AvgIpc) is 3.03. The van der Waals surface area contributed by atoms with Gasteiger partial charge >= 0.3 is 0 Å². The van der Waals surface area contributed by atoms with E-state index in [4.69, 9.17) is 5.73 Å². The van der Waals surface area contributed by atoms with Gasteiger partial charge < -0.3 is 11.1 Å². The third-order valence-corrected chi connectivity index (χ3v) is 3.87. The summed E-state index contributed by atoms with van der Waals surface area (Å²) in [5.74, 6) is -0.145. The molecule has 2 aromatic rings. The van der Waals surface area contributed by atoms with Crippen molar-refractivity contribution in [2.75, 3.05) is 6.54 Å². The molecule has 0 spiro atoms. The highest BCUT2D eigenvalue weighted by molar-refractivity contribution is 5.93. The molecule has 0 atom stereocenters. The molecule has 0 bridgehead atoms. The van der Waals surface area contributed by atoms with Crippen molar-refractivity contribution in [2.24, 2.45) is 5.73 Å². The summed E-state index contributed by atoms with van der Waals surface area (Å²) in [4.78, 5) is 12.1. The zero-order chi connectivity index (χ0) is 15.3. The Labute approximate surface area is 125 Å². The van der Waals surface area contributed by atoms with Crippen LogP contribution in [0.3, 0.4) is 0 Å². The van der Waals surface area contributed by atoms with E-state index in [0.29, 0.717) is 12.1 Å². The van der Waals surface area contributed by atoms with Crippen LogP contribution >= 0.6 is 0 Å². The lowest BCUT2D eigenvalue weighted by molar-refractivity contribution is 0.0942. The molecular formula is C16H22N4O. The van der Waals surface area contributed by atoms with Gasteiger partial charge in [0.2, 0.25) is 0 Å². The van der Waals surface area contributed by atoms with Crippen molar-refractivity contribution in [3.05, 3.63) is 48.3 Å². The van der Waals surface area contributed by atoms with Gasteiger partial charge in [0.1, 0.15) is 0 Å². The normalized spacial score (nSPS) is 11.4. The number of rotatable bonds is 6. The Kier molecular flexibility index (Phi) is 4.75. The molecule has 3 N–H and O–H groups in total. The van der Waals surface area contributed by atoms with Crippen molar-refractivity contribution in [3.63, 3.8) is 0 Å². The minimum Gasteiger partial charge on any atom is -0.350 e. The summed E-state index contributed by atoms with van der Waals surface area (Å²) in [6.07, 6.45) is 4.94. The van der Waals surface area contributed by atoms with E-state index in [1.165, 1.54) is 0 Å². The van der Waals surface area contributed by atoms with Crippen LogP contribution in [0.15, 0.2) is 42.7 Å². The molecule has 5 nitrogen and oxygen atoms in total. The number of benzene rings is 1. The number of nitrogens with two attached hydrogens (primary N) is 1. The van der Waals surface area contributed by atoms with Crippen LogP contribution in [0.4, 0.5) is 0 Å². The molecule has 0 saturated heterocycles. The molecule has 1 aromatic heterocycles. The molecule has 0 aliphatic heterocycles. The second-order valence-corrected chi connectivity index (χ2v) is 5.26. The lowest BCUT2D eigenvalue weighted by Crippen LogP contribution is -2.49. The molecule has 0 aliphatic rings. The van der Waals surface area contributed by atoms with Gasteiger partial charge in [0.15, 0.2) is 0 Å². The number of nitrogens with one attached hydrogen (secondary N) is 1. The maximum absolute atomic E-state index is 12.1. The third-order valence-electron chi connectivity index (χ3n) is 3.87. The second kappa shape index (κ2) is 6.54. The molecule has 0 saturated carbocycles. The van der Waals surface area contributed by atoms with E-state index in [-0.39, 0.29) is 11.4 Å². The van der Waals surface area contributed by atoms with Gasteiger partial charge in [0, 0.05) is 18.3 Å². The van der Waals surface area contributed by atoms with Gasteiger partial charge in [0.05, 0.1) is 17.4 Å². The summed E-state index contributed by atoms with van der Waals surface area (Å²) in [6.45, 7) is 4.53. The quantitative estimate of drug-likeness (QED) is 0.854. The molecule has 0 unspecified atom stereocenters. The van der Waals surface area contributed by atoms with Crippen LogP contribution in [0, 0.1) is 0 Å². The smallest absolute Gasteiger partial charge is 0.254 e. The highest BCUT2D eigenvalue weighted by Gasteiger charge is 2.21. The Morgan fingerprint density at radius 1 is 1.29 bits per heavy atom. The maximum Gasteiger partial charge on any atom is 0.254 e. The van der Waals surface area contributed by atoms with Crippen molar-refractivity contribution in [1.29, 1.82) is 0 Å². The summed E-state index contributed by atoms with van der Waals surface area (Å²) in [5.41, 5.74) is 7.30. The van der Waals surface area contributed by atoms with E-state index in [0.717, 1.165) is 18.5 Å². The first-order chi connectivity index (χ1) is 10.1. The number of nitrogens with zero attached hydrogens (tertiary/aromatic N) is 2. The Bertz CT molecular complexity index is 587. The topological polar surface area (TPSA) is 72.9 Å². The molecule has 1 amide bonds. The van der Waals surface area contributed by atoms with Crippen LogP contribution in [0.2, 0.25) is 0 Å². The number of hydrogen-bond donors (Lipinski definition) is 2. The first-order valence-corrected chi connectivity index (χ1v) is 7.25. The van der Waals surface area contributed by atoms with Gasteiger partial charge in [-0.1, -0.05) is 32.0 Å². The van der Waals surface area contributed by atoms with Gasteiger partial charge in [-0.25, -0.2) is 4.68 Å². The molecule has 0 fully saturated rings. The highest BCUT2D eigenvalue weighted by atomic mass is 16.1. The molecule has 21 heavy (non-hydrogen) atoms. The predicted molar refractivity (Wildman–Crippen MR) is 83.4 cm³/mol. The first kappa shape index (κ1) is 15.3. The SMILES string of the molecule is CCC(N)(CC)CNC(=O)c1cnn(-c2ccccc2)c1. The summed E-state index contributed by atoms with van der Waals surface area (Å²) >= 11 is 0. The Morgan fingerprint density at radius 2 is 1.95 bits per heavy atom. The molecular weight excluding hydrogens is 264 g/mol. The van der Waals surface area contributed by atoms with Crippen LogP contribution in [0.1, 0.15) is 37.0 Å². The van der Waals surface area contributed by atoms with Gasteiger partial charge in [0.25, 0.3) is 5.91 Å². The number of para-hydroxylation sites is 1. The largest absolute Gasteiger partial charge is 0.350 e. The standard InChI is InChI=1S/C16H22N4O/c1-3-16(17,4-2)12-18-15(21)13-10-19-20(11-13)14-8-6-5-7-9-14/h5-11H,3-4,12,17H2,1-2H3,(H,18,21). The van der Waals surface area contributed by atoms with E-state index in [9.17, 15) is 4.79 Å². The monoisotopic (exact) mass is 286 g/mol. The predicted octanol–water partition coefficient (Wildman–Crippen LogP) is 2.12. The van der Waals surface area contributed by atoms with Gasteiger partial charge in [-0.15, -0.1) is 0 Å². The van der Waals surface area contributed by atoms with Crippen LogP contribution in [-0.4, -0.2) is 27.8 Å². The fraction of sp³-hybridized carbons (Fsp3) is 0.375. The lowest BCUT2D eigenvalue weighted by Gasteiger charge is -2.26. The molecule has 2 rings (SSSR count). The second-order valence-electron chi connectivity index (χ2n) is 5.26. The van der Waals surface area contributed by atoms with Gasteiger partial charge in [-0.3, -0.25) is 4.79 Å². The van der Waals surface area contributed by atoms with Crippen molar-refractivity contribution < 1.29 is 4.79 Å². The van der Waals surface area contributed by atoms with E-state index in [1.807, 2.05) is 44.2 Å². The van der Waals surface area contributed by atoms with Crippen molar-refractivity contribution in [2.45, 2.75) is 32.2 Å². The third kappa shape index (κ3) is 3.70. The average molecular weight is 286 g/mol. The lowest BCUT2D eigenvalue weighted by atomic mass is 9.94. The van der Waals surface area contributed by atoms with E-state index in [1.54, 1.807) is 17.1 Å². The number of carbonyl (C=O) groups excluding carboxylic acids is 1. The number of aromatic nitrogens is 2. The summed E-state index contributed by atoms with van der Waals surface area (Å²) < 4.78 is 1.68. The fourth-order valence-corrected chi connectivity index (χ4v) is 2.02. The highest BCUT2D eigenvalue weighted by Crippen LogP contribution is 2.11. The van der Waals surface area contributed by atoms with Crippen molar-refractivity contribution >= 4 is 5.91 Å². The summed E-state index contributed by atoms with van der Waals surface area (Å²) in [6, 6.07) is 9.68. The summed E-state index contributed by atoms with van der Waals surface area (Å²) in [5, 5.41) is 7.11. The zero-order valence-electron chi connectivity index (χ0n) is 12.5. The van der Waals surface area contributed by atoms with Crippen LogP contribution in [0.5, 0.6) is 0 Å². The van der Waals surface area contributed by atoms with E-state index >= 15 is 0 Å². The molecule has 5 heteroatoms. The van der Waals surface area contributed by atoms with Gasteiger partial charge in [-0.05, 0) is 25.0 Å². The Morgan fingerprint density at radius 3 is 2.57 bits per heavy atom. The van der Waals surface area contributed by atoms with Crippen LogP contribution < -0.4 is 11.1 Å². The molecule has 0 radical (unpaired) electrons. The fourth-order valence-electron chi connectivity index (χ4n) is 2.02. The zero-order valence-corrected chi connectivity index (χ0v) is 12.5. The number of hydrogen-bond acceptors (Lipinski definition) is 3. The maximum atomic E-state index is 12.1. The minimum absolute atomic E-state index is 0.145. The minimum atomic E-state index is -0.342. The van der Waals surface area contributed by atoms with E-state index < -0.39 is 0 Å². The summed E-state index contributed by atoms with van der Waals surface area (Å²) in [7, 11) is 0. The first-order valence-electron chi connectivity index (χ1n) is 7.25. The van der Waals surface area contributed by atoms with E-state index in [2.05, 4.69) is 10.4 Å². The van der Waals surface area contributed by atoms with Crippen molar-refractivity contribution in [1.82, 2.24) is 15.1 Å². The Hall–Kier alpha value is -2.14. The number of amides is 1. The molecule has 112 valence electrons. The molecule has 1 aromatic carbocycles. The Balaban J connectivity index is 2.03. The van der Waals surface area contributed by atoms with Crippen molar-refractivity contribution in [3.8, 4) is 5.69 Å². The molecule has 1 heterocycles. The van der Waals surface area contributed by atoms with Gasteiger partial charge in [-0.2, -0.15) is 5.10 Å². The molecule has 0 aliphatic carbocycles.